The van der Waals surface area contributed by atoms with Crippen molar-refractivity contribution in [3.63, 3.8) is 0 Å². The number of aryl methyl sites for hydroxylation is 1. The van der Waals surface area contributed by atoms with Crippen molar-refractivity contribution in [2.75, 3.05) is 13.7 Å². The zero-order chi connectivity index (χ0) is 13.5. The van der Waals surface area contributed by atoms with Crippen molar-refractivity contribution >= 4 is 0 Å². The molecule has 5 heteroatoms. The summed E-state index contributed by atoms with van der Waals surface area (Å²) in [6.07, 6.45) is 2.66. The zero-order valence-electron chi connectivity index (χ0n) is 12.2. The number of hydrogen-bond donors (Lipinski definition) is 1. The maximum absolute atomic E-state index is 5.86. The molecule has 1 aromatic heterocycles. The Morgan fingerprint density at radius 1 is 1.39 bits per heavy atom. The zero-order valence-corrected chi connectivity index (χ0v) is 12.2. The van der Waals surface area contributed by atoms with E-state index in [0.717, 1.165) is 25.4 Å². The molecule has 1 aromatic rings. The summed E-state index contributed by atoms with van der Waals surface area (Å²) in [4.78, 5) is 4.33. The van der Waals surface area contributed by atoms with Crippen LogP contribution in [0.4, 0.5) is 0 Å². The average Bonchev–Trinajstić information content (AvgIpc) is 2.80. The molecule has 0 aliphatic carbocycles. The standard InChI is InChI=1S/C13H26N4O/c1-6-17-12(15-9-16-17)8-11(14-5)13(10(3)4)18-7-2/h9-11,13-14H,6-8H2,1-5H3. The summed E-state index contributed by atoms with van der Waals surface area (Å²) < 4.78 is 7.80. The Morgan fingerprint density at radius 3 is 2.61 bits per heavy atom. The molecule has 0 fully saturated rings. The van der Waals surface area contributed by atoms with Gasteiger partial charge in [0.25, 0.3) is 0 Å². The Kier molecular flexibility index (Phi) is 6.29. The van der Waals surface area contributed by atoms with Gasteiger partial charge in [-0.3, -0.25) is 4.68 Å². The van der Waals surface area contributed by atoms with Gasteiger partial charge in [0.2, 0.25) is 0 Å². The molecule has 0 aromatic carbocycles. The number of likely N-dealkylation sites (N-methyl/N-ethyl adjacent to an activating group) is 1. The molecule has 0 bridgehead atoms. The molecule has 18 heavy (non-hydrogen) atoms. The summed E-state index contributed by atoms with van der Waals surface area (Å²) in [7, 11) is 1.98. The lowest BCUT2D eigenvalue weighted by Crippen LogP contribution is -2.44. The highest BCUT2D eigenvalue weighted by molar-refractivity contribution is 4.93. The van der Waals surface area contributed by atoms with E-state index in [2.05, 4.69) is 36.2 Å². The predicted octanol–water partition coefficient (Wildman–Crippen LogP) is 1.49. The second-order valence-corrected chi connectivity index (χ2v) is 4.76. The van der Waals surface area contributed by atoms with Gasteiger partial charge in [-0.1, -0.05) is 13.8 Å². The van der Waals surface area contributed by atoms with Crippen molar-refractivity contribution in [3.8, 4) is 0 Å². The van der Waals surface area contributed by atoms with E-state index in [4.69, 9.17) is 4.74 Å². The summed E-state index contributed by atoms with van der Waals surface area (Å²) in [6.45, 7) is 10.1. The summed E-state index contributed by atoms with van der Waals surface area (Å²) in [6, 6.07) is 0.263. The van der Waals surface area contributed by atoms with Crippen LogP contribution in [0.1, 0.15) is 33.5 Å². The third-order valence-electron chi connectivity index (χ3n) is 3.18. The summed E-state index contributed by atoms with van der Waals surface area (Å²) >= 11 is 0. The molecule has 5 nitrogen and oxygen atoms in total. The lowest BCUT2D eigenvalue weighted by atomic mass is 9.96. The fourth-order valence-electron chi connectivity index (χ4n) is 2.26. The highest BCUT2D eigenvalue weighted by Crippen LogP contribution is 2.14. The van der Waals surface area contributed by atoms with Gasteiger partial charge in [-0.15, -0.1) is 0 Å². The lowest BCUT2D eigenvalue weighted by Gasteiger charge is -2.29. The van der Waals surface area contributed by atoms with Gasteiger partial charge in [-0.05, 0) is 26.8 Å². The normalized spacial score (nSPS) is 15.0. The van der Waals surface area contributed by atoms with E-state index in [1.165, 1.54) is 0 Å². The molecule has 1 heterocycles. The highest BCUT2D eigenvalue weighted by atomic mass is 16.5. The smallest absolute Gasteiger partial charge is 0.138 e. The molecule has 0 saturated carbocycles. The first-order valence-corrected chi connectivity index (χ1v) is 6.79. The maximum Gasteiger partial charge on any atom is 0.138 e. The molecule has 1 N–H and O–H groups in total. The van der Waals surface area contributed by atoms with Gasteiger partial charge in [0.1, 0.15) is 12.2 Å². The van der Waals surface area contributed by atoms with Gasteiger partial charge in [-0.25, -0.2) is 4.98 Å². The van der Waals surface area contributed by atoms with E-state index >= 15 is 0 Å². The fraction of sp³-hybridized carbons (Fsp3) is 0.846. The maximum atomic E-state index is 5.86. The molecule has 1 rings (SSSR count). The SMILES string of the molecule is CCOC(C(C)C)C(Cc1ncnn1CC)NC. The number of hydrogen-bond acceptors (Lipinski definition) is 4. The molecule has 0 saturated heterocycles. The van der Waals surface area contributed by atoms with E-state index in [1.54, 1.807) is 6.33 Å². The van der Waals surface area contributed by atoms with Crippen LogP contribution in [0.3, 0.4) is 0 Å². The Bertz CT molecular complexity index is 337. The van der Waals surface area contributed by atoms with E-state index in [-0.39, 0.29) is 12.1 Å². The van der Waals surface area contributed by atoms with Gasteiger partial charge in [-0.2, -0.15) is 5.10 Å². The third kappa shape index (κ3) is 3.78. The number of aromatic nitrogens is 3. The van der Waals surface area contributed by atoms with Crippen molar-refractivity contribution in [1.29, 1.82) is 0 Å². The Morgan fingerprint density at radius 2 is 2.11 bits per heavy atom. The Hall–Kier alpha value is -0.940. The summed E-state index contributed by atoms with van der Waals surface area (Å²) in [5, 5.41) is 7.56. The molecule has 0 spiro atoms. The Balaban J connectivity index is 2.76. The number of nitrogens with one attached hydrogen (secondary N) is 1. The molecule has 104 valence electrons. The number of ether oxygens (including phenoxy) is 1. The van der Waals surface area contributed by atoms with E-state index in [0.29, 0.717) is 5.92 Å². The Labute approximate surface area is 110 Å². The van der Waals surface area contributed by atoms with E-state index in [1.807, 2.05) is 18.7 Å². The van der Waals surface area contributed by atoms with Crippen LogP contribution in [-0.4, -0.2) is 40.6 Å². The topological polar surface area (TPSA) is 52.0 Å². The van der Waals surface area contributed by atoms with Gasteiger partial charge in [0.05, 0.1) is 6.10 Å². The van der Waals surface area contributed by atoms with Gasteiger partial charge < -0.3 is 10.1 Å². The summed E-state index contributed by atoms with van der Waals surface area (Å²) in [5.41, 5.74) is 0. The van der Waals surface area contributed by atoms with Crippen LogP contribution in [0.25, 0.3) is 0 Å². The van der Waals surface area contributed by atoms with Crippen LogP contribution in [0, 0.1) is 5.92 Å². The van der Waals surface area contributed by atoms with Crippen molar-refractivity contribution in [2.24, 2.45) is 5.92 Å². The second kappa shape index (κ2) is 7.48. The molecule has 2 unspecified atom stereocenters. The van der Waals surface area contributed by atoms with Crippen molar-refractivity contribution in [1.82, 2.24) is 20.1 Å². The second-order valence-electron chi connectivity index (χ2n) is 4.76. The van der Waals surface area contributed by atoms with Crippen molar-refractivity contribution in [3.05, 3.63) is 12.2 Å². The van der Waals surface area contributed by atoms with Crippen molar-refractivity contribution in [2.45, 2.75) is 52.8 Å². The van der Waals surface area contributed by atoms with E-state index < -0.39 is 0 Å². The minimum absolute atomic E-state index is 0.196. The summed E-state index contributed by atoms with van der Waals surface area (Å²) in [5.74, 6) is 1.49. The molecular weight excluding hydrogens is 228 g/mol. The first-order chi connectivity index (χ1) is 8.63. The molecule has 0 aliphatic rings. The first kappa shape index (κ1) is 15.1. The minimum Gasteiger partial charge on any atom is -0.377 e. The number of nitrogens with zero attached hydrogens (tertiary/aromatic N) is 3. The molecular formula is C13H26N4O. The molecule has 0 amide bonds. The average molecular weight is 254 g/mol. The van der Waals surface area contributed by atoms with Crippen LogP contribution in [0.2, 0.25) is 0 Å². The largest absolute Gasteiger partial charge is 0.377 e. The van der Waals surface area contributed by atoms with Crippen LogP contribution < -0.4 is 5.32 Å². The van der Waals surface area contributed by atoms with E-state index in [9.17, 15) is 0 Å². The third-order valence-corrected chi connectivity index (χ3v) is 3.18. The number of rotatable bonds is 8. The highest BCUT2D eigenvalue weighted by Gasteiger charge is 2.25. The van der Waals surface area contributed by atoms with Crippen molar-refractivity contribution < 1.29 is 4.74 Å². The van der Waals surface area contributed by atoms with Crippen LogP contribution >= 0.6 is 0 Å². The quantitative estimate of drug-likeness (QED) is 0.763. The molecule has 2 atom stereocenters. The van der Waals surface area contributed by atoms with Gasteiger partial charge >= 0.3 is 0 Å². The van der Waals surface area contributed by atoms with Crippen LogP contribution in [0.15, 0.2) is 6.33 Å². The predicted molar refractivity (Wildman–Crippen MR) is 72.5 cm³/mol. The fourth-order valence-corrected chi connectivity index (χ4v) is 2.26. The van der Waals surface area contributed by atoms with Crippen LogP contribution in [-0.2, 0) is 17.7 Å². The molecule has 0 aliphatic heterocycles. The van der Waals surface area contributed by atoms with Gasteiger partial charge in [0, 0.05) is 25.6 Å². The lowest BCUT2D eigenvalue weighted by molar-refractivity contribution is 0.00470. The van der Waals surface area contributed by atoms with Gasteiger partial charge in [0.15, 0.2) is 0 Å². The molecule has 0 radical (unpaired) electrons. The minimum atomic E-state index is 0.196. The monoisotopic (exact) mass is 254 g/mol. The first-order valence-electron chi connectivity index (χ1n) is 6.79. The van der Waals surface area contributed by atoms with Crippen LogP contribution in [0.5, 0.6) is 0 Å².